The molecule has 0 bridgehead atoms. The molecule has 3 rings (SSSR count). The zero-order valence-corrected chi connectivity index (χ0v) is 24.9. The number of hydrogen-bond acceptors (Lipinski definition) is 8. The SMILES string of the molecule is [2H]C([2H])([2H])OC(=O)[C@H](c1ccccc1Cl)N1CCc2sc(OP(=O)(OCC(Cl)(Cl)Cl)OCC(Cl)(Cl)Cl)cc2C1. The van der Waals surface area contributed by atoms with Crippen LogP contribution in [0.1, 0.15) is 26.2 Å². The fraction of sp³-hybridized carbons (Fsp3) is 0.450. The molecular weight excluding hydrogens is 661 g/mol. The minimum Gasteiger partial charge on any atom is -0.468 e. The maximum atomic E-state index is 13.3. The van der Waals surface area contributed by atoms with Gasteiger partial charge in [0.05, 0.1) is 11.2 Å². The van der Waals surface area contributed by atoms with Crippen molar-refractivity contribution in [3.05, 3.63) is 51.4 Å². The Morgan fingerprint density at radius 3 is 2.39 bits per heavy atom. The molecule has 0 saturated carbocycles. The average Bonchev–Trinajstić information content (AvgIpc) is 3.17. The molecule has 1 aliphatic rings. The minimum absolute atomic E-state index is 0.123. The summed E-state index contributed by atoms with van der Waals surface area (Å²) in [5, 5.41) is 0.390. The molecule has 0 fully saturated rings. The fourth-order valence-corrected chi connectivity index (χ4v) is 6.82. The molecule has 0 spiro atoms. The smallest absolute Gasteiger partial charge is 0.468 e. The Morgan fingerprint density at radius 2 is 1.81 bits per heavy atom. The lowest BCUT2D eigenvalue weighted by atomic mass is 10.0. The second kappa shape index (κ2) is 12.7. The number of benzene rings is 1. The number of fused-ring (bicyclic) bond motifs is 1. The van der Waals surface area contributed by atoms with Crippen molar-refractivity contribution >= 4 is 106 Å². The molecule has 0 amide bonds. The van der Waals surface area contributed by atoms with E-state index < -0.39 is 47.7 Å². The number of halogens is 7. The first kappa shape index (κ1) is 26.5. The van der Waals surface area contributed by atoms with Gasteiger partial charge in [-0.3, -0.25) is 13.9 Å². The highest BCUT2D eigenvalue weighted by molar-refractivity contribution is 7.49. The third-order valence-corrected chi connectivity index (χ3v) is 8.29. The summed E-state index contributed by atoms with van der Waals surface area (Å²) in [6.07, 6.45) is 0.430. The lowest BCUT2D eigenvalue weighted by Gasteiger charge is -2.33. The van der Waals surface area contributed by atoms with E-state index in [0.717, 1.165) is 16.2 Å². The third-order valence-electron chi connectivity index (χ3n) is 4.74. The summed E-state index contributed by atoms with van der Waals surface area (Å²) >= 11 is 41.7. The molecule has 200 valence electrons. The van der Waals surface area contributed by atoms with Crippen molar-refractivity contribution in [1.82, 2.24) is 4.90 Å². The van der Waals surface area contributed by atoms with E-state index in [-0.39, 0.29) is 16.6 Å². The van der Waals surface area contributed by atoms with Gasteiger partial charge in [-0.25, -0.2) is 9.36 Å². The lowest BCUT2D eigenvalue weighted by molar-refractivity contribution is -0.147. The zero-order valence-electron chi connectivity index (χ0n) is 20.9. The number of rotatable bonds is 9. The number of alkyl halides is 6. The predicted molar refractivity (Wildman–Crippen MR) is 145 cm³/mol. The second-order valence-electron chi connectivity index (χ2n) is 7.40. The molecule has 0 aliphatic carbocycles. The van der Waals surface area contributed by atoms with Crippen molar-refractivity contribution in [2.24, 2.45) is 0 Å². The van der Waals surface area contributed by atoms with Gasteiger partial charge in [-0.05, 0) is 29.7 Å². The standard InChI is InChI=1S/C20H19Cl7NO6PS/c1-31-18(29)17(13-4-2-3-5-14(13)21)28-7-6-15-12(9-28)8-16(36-15)34-35(30,32-10-19(22,23)24)33-11-20(25,26)27/h2-5,8,17H,6-7,9-11H2,1H3/t17-/m0/s1/i1D3. The Hall–Kier alpha value is 0.330. The summed E-state index contributed by atoms with van der Waals surface area (Å²) in [6, 6.07) is 7.02. The van der Waals surface area contributed by atoms with Crippen LogP contribution in [-0.4, -0.2) is 45.3 Å². The highest BCUT2D eigenvalue weighted by atomic mass is 35.6. The highest BCUT2D eigenvalue weighted by Crippen LogP contribution is 2.54. The maximum Gasteiger partial charge on any atom is 0.531 e. The summed E-state index contributed by atoms with van der Waals surface area (Å²) in [7, 11) is -7.38. The number of carbonyl (C=O) groups is 1. The van der Waals surface area contributed by atoms with Crippen molar-refractivity contribution in [2.45, 2.75) is 26.6 Å². The van der Waals surface area contributed by atoms with Crippen molar-refractivity contribution in [3.63, 3.8) is 0 Å². The first-order valence-corrected chi connectivity index (χ1v) is 14.8. The van der Waals surface area contributed by atoms with Crippen LogP contribution < -0.4 is 4.52 Å². The Labute approximate surface area is 251 Å². The van der Waals surface area contributed by atoms with Crippen LogP contribution in [0.5, 0.6) is 5.06 Å². The largest absolute Gasteiger partial charge is 0.531 e. The van der Waals surface area contributed by atoms with Crippen molar-refractivity contribution in [1.29, 1.82) is 0 Å². The van der Waals surface area contributed by atoms with E-state index in [9.17, 15) is 9.36 Å². The molecule has 7 nitrogen and oxygen atoms in total. The summed E-state index contributed by atoms with van der Waals surface area (Å²) in [5.74, 6) is -0.983. The van der Waals surface area contributed by atoms with Crippen LogP contribution in [0.3, 0.4) is 0 Å². The quantitative estimate of drug-likeness (QED) is 0.151. The summed E-state index contributed by atoms with van der Waals surface area (Å²) in [4.78, 5) is 15.5. The van der Waals surface area contributed by atoms with Gasteiger partial charge in [0.2, 0.25) is 7.59 Å². The summed E-state index contributed by atoms with van der Waals surface area (Å²) in [5.41, 5.74) is 1.09. The molecular formula is C20H19Cl7NO6PS. The average molecular weight is 684 g/mol. The van der Waals surface area contributed by atoms with Crippen molar-refractivity contribution in [3.8, 4) is 5.06 Å². The molecule has 0 saturated heterocycles. The Morgan fingerprint density at radius 1 is 1.17 bits per heavy atom. The number of ether oxygens (including phenoxy) is 1. The first-order valence-electron chi connectivity index (χ1n) is 11.4. The van der Waals surface area contributed by atoms with Gasteiger partial charge in [-0.15, -0.1) is 11.3 Å². The van der Waals surface area contributed by atoms with Gasteiger partial charge in [-0.1, -0.05) is 99.4 Å². The van der Waals surface area contributed by atoms with E-state index in [0.29, 0.717) is 24.1 Å². The van der Waals surface area contributed by atoms with Gasteiger partial charge in [0.25, 0.3) is 0 Å². The van der Waals surface area contributed by atoms with E-state index in [2.05, 4.69) is 0 Å². The first-order chi connectivity index (χ1) is 17.8. The van der Waals surface area contributed by atoms with Crippen LogP contribution in [0.25, 0.3) is 0 Å². The van der Waals surface area contributed by atoms with Crippen LogP contribution in [0.15, 0.2) is 30.3 Å². The van der Waals surface area contributed by atoms with Gasteiger partial charge in [-0.2, -0.15) is 0 Å². The number of carbonyl (C=O) groups excluding carboxylic acids is 1. The topological polar surface area (TPSA) is 74.3 Å². The number of thiophene rings is 1. The molecule has 1 atom stereocenters. The molecule has 1 aliphatic heterocycles. The van der Waals surface area contributed by atoms with E-state index in [1.165, 1.54) is 0 Å². The van der Waals surface area contributed by atoms with Crippen LogP contribution in [-0.2, 0) is 36.1 Å². The molecule has 0 unspecified atom stereocenters. The Kier molecular flexibility index (Phi) is 9.34. The Bertz CT molecular complexity index is 1200. The maximum absolute atomic E-state index is 13.3. The summed E-state index contributed by atoms with van der Waals surface area (Å²) in [6.45, 7) is -0.794. The molecule has 16 heteroatoms. The van der Waals surface area contributed by atoms with Gasteiger partial charge in [0, 0.05) is 23.0 Å². The number of methoxy groups -OCH3 is 1. The number of esters is 1. The molecule has 1 aromatic carbocycles. The normalized spacial score (nSPS) is 17.5. The highest BCUT2D eigenvalue weighted by Gasteiger charge is 2.38. The van der Waals surface area contributed by atoms with Crippen LogP contribution in [0, 0.1) is 0 Å². The van der Waals surface area contributed by atoms with Crippen LogP contribution in [0.2, 0.25) is 5.02 Å². The Balaban J connectivity index is 1.85. The van der Waals surface area contributed by atoms with Gasteiger partial charge >= 0.3 is 13.8 Å². The molecule has 2 aromatic rings. The van der Waals surface area contributed by atoms with Crippen molar-refractivity contribution < 1.29 is 31.8 Å². The number of hydrogen-bond donors (Lipinski definition) is 0. The summed E-state index contributed by atoms with van der Waals surface area (Å²) < 4.78 is 52.0. The molecule has 1 aromatic heterocycles. The van der Waals surface area contributed by atoms with E-state index >= 15 is 0 Å². The van der Waals surface area contributed by atoms with Gasteiger partial charge < -0.3 is 9.26 Å². The zero-order chi connectivity index (χ0) is 29.2. The lowest BCUT2D eigenvalue weighted by Crippen LogP contribution is -2.38. The monoisotopic (exact) mass is 680 g/mol. The minimum atomic E-state index is -4.43. The predicted octanol–water partition coefficient (Wildman–Crippen LogP) is 7.93. The molecule has 36 heavy (non-hydrogen) atoms. The van der Waals surface area contributed by atoms with Gasteiger partial charge in [0.15, 0.2) is 5.06 Å². The van der Waals surface area contributed by atoms with Crippen LogP contribution in [0.4, 0.5) is 0 Å². The molecule has 2 heterocycles. The molecule has 0 radical (unpaired) electrons. The van der Waals surface area contributed by atoms with Crippen LogP contribution >= 0.6 is 100 Å². The number of phosphoric ester groups is 1. The fourth-order valence-electron chi connectivity index (χ4n) is 3.32. The second-order valence-corrected chi connectivity index (χ2v) is 15.5. The third kappa shape index (κ3) is 8.94. The molecule has 0 N–H and O–H groups in total. The van der Waals surface area contributed by atoms with E-state index in [1.54, 1.807) is 35.2 Å². The van der Waals surface area contributed by atoms with E-state index in [4.69, 9.17) is 104 Å². The number of phosphoric acid groups is 1. The number of nitrogens with zero attached hydrogens (tertiary/aromatic N) is 1. The van der Waals surface area contributed by atoms with Crippen molar-refractivity contribution in [2.75, 3.05) is 26.8 Å². The van der Waals surface area contributed by atoms with Gasteiger partial charge in [0.1, 0.15) is 19.3 Å². The van der Waals surface area contributed by atoms with E-state index in [1.807, 2.05) is 0 Å².